The van der Waals surface area contributed by atoms with Gasteiger partial charge in [0.05, 0.1) is 9.79 Å². The van der Waals surface area contributed by atoms with Crippen molar-refractivity contribution in [3.8, 4) is 0 Å². The first-order valence-electron chi connectivity index (χ1n) is 6.98. The van der Waals surface area contributed by atoms with Gasteiger partial charge in [-0.3, -0.25) is 0 Å². The summed E-state index contributed by atoms with van der Waals surface area (Å²) in [6, 6.07) is 11.0. The second-order valence-corrected chi connectivity index (χ2v) is 6.63. The summed E-state index contributed by atoms with van der Waals surface area (Å²) in [6.07, 6.45) is 0. The summed E-state index contributed by atoms with van der Waals surface area (Å²) in [4.78, 5) is 6.09. The Hall–Kier alpha value is -3.20. The van der Waals surface area contributed by atoms with Gasteiger partial charge in [0.25, 0.3) is 0 Å². The lowest BCUT2D eigenvalue weighted by Crippen LogP contribution is -2.02. The number of rotatable bonds is 2. The van der Waals surface area contributed by atoms with Crippen molar-refractivity contribution < 1.29 is 42.9 Å². The van der Waals surface area contributed by atoms with Crippen LogP contribution in [0.4, 0.5) is 45.9 Å². The fourth-order valence-corrected chi connectivity index (χ4v) is 2.78. The van der Waals surface area contributed by atoms with Gasteiger partial charge in [-0.1, -0.05) is 0 Å². The van der Waals surface area contributed by atoms with Crippen molar-refractivity contribution in [1.82, 2.24) is 0 Å². The number of diazo groups is 2. The standard InChI is InChI=1S/C12H8N4O2S.2BF4/c13-15-9-1-5-11(6-2-9)19(17,18)12-7-3-10(16-14)4-8-12;2*2-1(3,4)5/h1-8H;;/q+2;2*-1. The molecule has 29 heavy (non-hydrogen) atoms. The zero-order chi connectivity index (χ0) is 22.9. The van der Waals surface area contributed by atoms with E-state index in [4.69, 9.17) is 10.8 Å². The number of sulfone groups is 1. The minimum atomic E-state index is -6.00. The van der Waals surface area contributed by atoms with Crippen LogP contribution in [0.3, 0.4) is 0 Å². The first-order chi connectivity index (χ1) is 13.1. The van der Waals surface area contributed by atoms with E-state index in [2.05, 4.69) is 9.95 Å². The minimum Gasteiger partial charge on any atom is -0.418 e. The van der Waals surface area contributed by atoms with Crippen LogP contribution in [-0.2, 0) is 9.84 Å². The molecule has 0 aliphatic rings. The highest BCUT2D eigenvalue weighted by molar-refractivity contribution is 7.91. The zero-order valence-electron chi connectivity index (χ0n) is 13.8. The van der Waals surface area contributed by atoms with Crippen molar-refractivity contribution in [2.75, 3.05) is 0 Å². The SMILES string of the molecule is F[B-](F)(F)F.F[B-](F)(F)F.N#[N+]c1ccc(S(=O)(=O)c2ccc([N+]#N)cc2)cc1. The molecule has 0 amide bonds. The molecule has 0 fully saturated rings. The molecule has 0 unspecified atom stereocenters. The van der Waals surface area contributed by atoms with Crippen LogP contribution in [0.5, 0.6) is 0 Å². The highest BCUT2D eigenvalue weighted by atomic mass is 32.2. The van der Waals surface area contributed by atoms with Gasteiger partial charge >= 0.3 is 25.9 Å². The fraction of sp³-hybridized carbons (Fsp3) is 0. The average Bonchev–Trinajstić information content (AvgIpc) is 2.59. The molecule has 0 spiro atoms. The van der Waals surface area contributed by atoms with Crippen molar-refractivity contribution in [2.45, 2.75) is 9.79 Å². The van der Waals surface area contributed by atoms with E-state index in [0.29, 0.717) is 0 Å². The van der Waals surface area contributed by atoms with Gasteiger partial charge in [0.2, 0.25) is 20.6 Å². The molecule has 0 atom stereocenters. The number of hydrogen-bond donors (Lipinski definition) is 0. The van der Waals surface area contributed by atoms with E-state index in [0.717, 1.165) is 0 Å². The van der Waals surface area contributed by atoms with Gasteiger partial charge in [0, 0.05) is 24.3 Å². The molecule has 0 bridgehead atoms. The Balaban J connectivity index is 0.000000653. The second kappa shape index (κ2) is 10.4. The smallest absolute Gasteiger partial charge is 0.418 e. The molecule has 0 heterocycles. The maximum atomic E-state index is 12.2. The maximum absolute atomic E-state index is 12.2. The predicted molar refractivity (Wildman–Crippen MR) is 88.2 cm³/mol. The van der Waals surface area contributed by atoms with Crippen molar-refractivity contribution in [2.24, 2.45) is 0 Å². The summed E-state index contributed by atoms with van der Waals surface area (Å²) >= 11 is 0. The lowest BCUT2D eigenvalue weighted by Gasteiger charge is -2.02. The Labute approximate surface area is 158 Å². The Kier molecular flexibility index (Phi) is 9.23. The number of nitrogens with zero attached hydrogens (tertiary/aromatic N) is 4. The molecule has 0 radical (unpaired) electrons. The van der Waals surface area contributed by atoms with Crippen molar-refractivity contribution >= 4 is 35.7 Å². The predicted octanol–water partition coefficient (Wildman–Crippen LogP) is 6.09. The zero-order valence-corrected chi connectivity index (χ0v) is 14.6. The summed E-state index contributed by atoms with van der Waals surface area (Å²) in [7, 11) is -15.6. The molecule has 17 heteroatoms. The average molecular weight is 446 g/mol. The van der Waals surface area contributed by atoms with Crippen molar-refractivity contribution in [3.63, 3.8) is 0 Å². The Bertz CT molecular complexity index is 894. The topological polar surface area (TPSA) is 90.4 Å². The largest absolute Gasteiger partial charge is 0.673 e. The van der Waals surface area contributed by atoms with Gasteiger partial charge in [0.15, 0.2) is 9.95 Å². The van der Waals surface area contributed by atoms with Crippen LogP contribution >= 0.6 is 0 Å². The third kappa shape index (κ3) is 12.0. The molecule has 0 N–H and O–H groups in total. The first-order valence-corrected chi connectivity index (χ1v) is 8.46. The van der Waals surface area contributed by atoms with Crippen LogP contribution in [0.25, 0.3) is 9.95 Å². The third-order valence-electron chi connectivity index (χ3n) is 2.52. The highest BCUT2D eigenvalue weighted by Gasteiger charge is 2.21. The Morgan fingerprint density at radius 3 is 0.966 bits per heavy atom. The molecule has 2 rings (SSSR count). The summed E-state index contributed by atoms with van der Waals surface area (Å²) in [6.45, 7) is 0. The van der Waals surface area contributed by atoms with Gasteiger partial charge in [-0.05, 0) is 24.3 Å². The lowest BCUT2D eigenvalue weighted by atomic mass is 10.3. The molecule has 156 valence electrons. The minimum absolute atomic E-state index is 0.0913. The van der Waals surface area contributed by atoms with Crippen LogP contribution in [0.2, 0.25) is 0 Å². The van der Waals surface area contributed by atoms with Crippen LogP contribution in [-0.4, -0.2) is 22.9 Å². The number of halogens is 8. The normalized spacial score (nSPS) is 11.0. The highest BCUT2D eigenvalue weighted by Crippen LogP contribution is 2.25. The summed E-state index contributed by atoms with van der Waals surface area (Å²) in [5.41, 5.74) is 0.543. The Morgan fingerprint density at radius 1 is 0.586 bits per heavy atom. The second-order valence-electron chi connectivity index (χ2n) is 4.68. The van der Waals surface area contributed by atoms with E-state index in [-0.39, 0.29) is 21.2 Å². The first kappa shape index (κ1) is 25.8. The van der Waals surface area contributed by atoms with Crippen LogP contribution in [0, 0.1) is 10.8 Å². The number of benzene rings is 2. The van der Waals surface area contributed by atoms with E-state index >= 15 is 0 Å². The van der Waals surface area contributed by atoms with Gasteiger partial charge in [-0.2, -0.15) is 0 Å². The van der Waals surface area contributed by atoms with Crippen LogP contribution in [0.1, 0.15) is 0 Å². The van der Waals surface area contributed by atoms with Crippen LogP contribution in [0.15, 0.2) is 58.3 Å². The molecule has 0 aromatic heterocycles. The molecule has 0 aliphatic carbocycles. The molecular formula is C12H8B2F8N4O2S. The maximum Gasteiger partial charge on any atom is 0.673 e. The van der Waals surface area contributed by atoms with Gasteiger partial charge in [-0.25, -0.2) is 8.42 Å². The molecule has 0 aliphatic heterocycles. The van der Waals surface area contributed by atoms with E-state index in [9.17, 15) is 42.9 Å². The van der Waals surface area contributed by atoms with E-state index in [1.165, 1.54) is 48.5 Å². The lowest BCUT2D eigenvalue weighted by molar-refractivity contribution is 0.366. The summed E-state index contributed by atoms with van der Waals surface area (Å²) in [5.74, 6) is 0. The van der Waals surface area contributed by atoms with E-state index in [1.807, 2.05) is 0 Å². The Morgan fingerprint density at radius 2 is 0.793 bits per heavy atom. The third-order valence-corrected chi connectivity index (χ3v) is 4.31. The summed E-state index contributed by atoms with van der Waals surface area (Å²) < 4.78 is 102. The molecular weight excluding hydrogens is 438 g/mol. The van der Waals surface area contributed by atoms with Crippen molar-refractivity contribution in [1.29, 1.82) is 10.8 Å². The van der Waals surface area contributed by atoms with E-state index < -0.39 is 24.3 Å². The van der Waals surface area contributed by atoms with Crippen molar-refractivity contribution in [3.05, 3.63) is 58.5 Å². The molecule has 2 aromatic rings. The molecule has 0 saturated heterocycles. The molecule has 2 aromatic carbocycles. The van der Waals surface area contributed by atoms with Gasteiger partial charge in [-0.15, -0.1) is 0 Å². The molecule has 6 nitrogen and oxygen atoms in total. The monoisotopic (exact) mass is 446 g/mol. The quantitative estimate of drug-likeness (QED) is 0.318. The van der Waals surface area contributed by atoms with E-state index in [1.54, 1.807) is 0 Å². The van der Waals surface area contributed by atoms with Gasteiger partial charge < -0.3 is 34.5 Å². The van der Waals surface area contributed by atoms with Crippen LogP contribution < -0.4 is 0 Å². The summed E-state index contributed by atoms with van der Waals surface area (Å²) in [5, 5.41) is 17.1. The fourth-order valence-electron chi connectivity index (χ4n) is 1.52. The number of hydrogen-bond acceptors (Lipinski definition) is 4. The molecule has 0 saturated carbocycles. The van der Waals surface area contributed by atoms with Gasteiger partial charge in [0.1, 0.15) is 0 Å².